The third-order valence-corrected chi connectivity index (χ3v) is 18.8. The summed E-state index contributed by atoms with van der Waals surface area (Å²) in [6.45, 7) is 24.3. The summed E-state index contributed by atoms with van der Waals surface area (Å²) < 4.78 is 35.0. The van der Waals surface area contributed by atoms with Crippen molar-refractivity contribution in [2.75, 3.05) is 44.2 Å². The largest absolute Gasteiger partial charge is 0.478 e. The molecule has 5 fully saturated rings. The zero-order valence-corrected chi connectivity index (χ0v) is 33.7. The van der Waals surface area contributed by atoms with Gasteiger partial charge in [-0.2, -0.15) is 10.6 Å². The Morgan fingerprint density at radius 2 is 1.71 bits per heavy atom. The van der Waals surface area contributed by atoms with Crippen LogP contribution in [-0.4, -0.2) is 69.3 Å². The number of nitrogens with one attached hydrogen (secondary N) is 1. The summed E-state index contributed by atoms with van der Waals surface area (Å²) in [6.07, 6.45) is 14.6. The number of nitrogens with zero attached hydrogens (tertiary/aromatic N) is 1. The van der Waals surface area contributed by atoms with Crippen LogP contribution in [0.25, 0.3) is 5.57 Å². The number of halogens is 1. The molecule has 4 N–H and O–H groups in total. The van der Waals surface area contributed by atoms with Crippen molar-refractivity contribution in [2.24, 2.45) is 56.7 Å². The molecule has 8 heteroatoms. The van der Waals surface area contributed by atoms with Crippen LogP contribution < -0.4 is 5.32 Å². The maximum absolute atomic E-state index is 14.9. The first kappa shape index (κ1) is 38.6. The fourth-order valence-electron chi connectivity index (χ4n) is 14.3. The van der Waals surface area contributed by atoms with E-state index in [0.717, 1.165) is 51.1 Å². The van der Waals surface area contributed by atoms with Crippen molar-refractivity contribution < 1.29 is 23.4 Å². The molecule has 1 heterocycles. The summed E-state index contributed by atoms with van der Waals surface area (Å²) in [5.74, 6) is 2.23. The molecule has 4 saturated carbocycles. The quantitative estimate of drug-likeness (QED) is 0.149. The number of rotatable bonds is 9. The number of allylic oxidation sites excluding steroid dienone is 3. The monoisotopic (exact) mass is 738 g/mol. The van der Waals surface area contributed by atoms with Crippen molar-refractivity contribution in [2.45, 2.75) is 106 Å². The van der Waals surface area contributed by atoms with Crippen molar-refractivity contribution in [1.82, 2.24) is 10.2 Å². The topological polar surface area (TPSA) is 93.0 Å². The van der Waals surface area contributed by atoms with E-state index in [9.17, 15) is 23.4 Å². The summed E-state index contributed by atoms with van der Waals surface area (Å²) >= 11 is 0. The lowest BCUT2D eigenvalue weighted by atomic mass is 9.32. The maximum atomic E-state index is 14.9. The van der Waals surface area contributed by atoms with Crippen molar-refractivity contribution in [3.63, 3.8) is 0 Å². The standard InChI is InChI=1S/C44H67FN2O4S/c1-29(2)31-13-18-44(28-46-21-8-22-47-23-25-52(50,51)26-24-47)20-19-42(6)34(38(31)44)11-12-37-41(5)16-14-33(30-9-10-32(39(48)49)35(45)27-30)40(3,4)36(41)15-17-43(37,42)7/h9-10,14,27,31,34,36-38,46,50-51H,1,8,11-13,15-26,28H2,2-7H3,(H,48,49)/t31-,34+,36-,37+,38+,41-,42+,43+,44+/m0/s1. The van der Waals surface area contributed by atoms with Gasteiger partial charge in [-0.25, -0.2) is 9.18 Å². The molecular weight excluding hydrogens is 672 g/mol. The zero-order chi connectivity index (χ0) is 37.5. The van der Waals surface area contributed by atoms with Crippen molar-refractivity contribution >= 4 is 22.1 Å². The van der Waals surface area contributed by atoms with Crippen molar-refractivity contribution in [3.8, 4) is 0 Å². The number of carboxylic acids is 1. The summed E-state index contributed by atoms with van der Waals surface area (Å²) in [5, 5.41) is 13.4. The Hall–Kier alpha value is -1.71. The van der Waals surface area contributed by atoms with E-state index in [2.05, 4.69) is 64.4 Å². The van der Waals surface area contributed by atoms with Gasteiger partial charge in [-0.05, 0) is 164 Å². The van der Waals surface area contributed by atoms with Crippen LogP contribution in [0.1, 0.15) is 122 Å². The second-order valence-corrected chi connectivity index (χ2v) is 22.1. The van der Waals surface area contributed by atoms with Gasteiger partial charge in [0.15, 0.2) is 0 Å². The van der Waals surface area contributed by atoms with Gasteiger partial charge in [0.1, 0.15) is 5.82 Å². The minimum absolute atomic E-state index is 0.148. The molecule has 290 valence electrons. The van der Waals surface area contributed by atoms with Crippen LogP contribution in [0.4, 0.5) is 4.39 Å². The van der Waals surface area contributed by atoms with Gasteiger partial charge in [-0.1, -0.05) is 58.9 Å². The Bertz CT molecular complexity index is 1600. The Kier molecular flexibility index (Phi) is 10.0. The molecule has 9 atom stereocenters. The Labute approximate surface area is 314 Å². The molecule has 0 bridgehead atoms. The lowest BCUT2D eigenvalue weighted by Crippen LogP contribution is -2.65. The molecule has 1 saturated heterocycles. The third-order valence-electron chi connectivity index (χ3n) is 17.1. The van der Waals surface area contributed by atoms with E-state index in [1.807, 2.05) is 6.07 Å². The molecule has 5 aliphatic carbocycles. The molecule has 1 aromatic rings. The average Bonchev–Trinajstić information content (AvgIpc) is 3.45. The molecular formula is C44H67FN2O4S. The molecule has 0 spiro atoms. The molecule has 6 nitrogen and oxygen atoms in total. The highest BCUT2D eigenvalue weighted by molar-refractivity contribution is 8.24. The van der Waals surface area contributed by atoms with Gasteiger partial charge in [0.2, 0.25) is 0 Å². The fourth-order valence-corrected chi connectivity index (χ4v) is 15.6. The minimum Gasteiger partial charge on any atom is -0.478 e. The molecule has 1 aromatic carbocycles. The van der Waals surface area contributed by atoms with Crippen LogP contribution in [0.3, 0.4) is 0 Å². The number of hydrogen-bond acceptors (Lipinski definition) is 5. The molecule has 0 aromatic heterocycles. The smallest absolute Gasteiger partial charge is 0.338 e. The van der Waals surface area contributed by atoms with Gasteiger partial charge in [0.05, 0.1) is 17.1 Å². The van der Waals surface area contributed by atoms with Crippen LogP contribution >= 0.6 is 10.6 Å². The van der Waals surface area contributed by atoms with E-state index >= 15 is 0 Å². The minimum atomic E-state index is -2.34. The normalized spacial score (nSPS) is 41.5. The van der Waals surface area contributed by atoms with E-state index in [-0.39, 0.29) is 27.2 Å². The van der Waals surface area contributed by atoms with Crippen LogP contribution in [0.2, 0.25) is 0 Å². The highest BCUT2D eigenvalue weighted by Gasteiger charge is 2.70. The lowest BCUT2D eigenvalue weighted by molar-refractivity contribution is -0.225. The van der Waals surface area contributed by atoms with E-state index in [1.165, 1.54) is 74.6 Å². The number of carboxylic acid groups (broad SMARTS) is 1. The summed E-state index contributed by atoms with van der Waals surface area (Å²) in [4.78, 5) is 13.9. The third kappa shape index (κ3) is 6.08. The highest BCUT2D eigenvalue weighted by Crippen LogP contribution is 2.77. The highest BCUT2D eigenvalue weighted by atomic mass is 32.3. The predicted molar refractivity (Wildman–Crippen MR) is 212 cm³/mol. The molecule has 7 rings (SSSR count). The summed E-state index contributed by atoms with van der Waals surface area (Å²) in [7, 11) is -2.34. The first-order valence-corrected chi connectivity index (χ1v) is 22.3. The van der Waals surface area contributed by atoms with Crippen LogP contribution in [-0.2, 0) is 0 Å². The molecule has 0 radical (unpaired) electrons. The van der Waals surface area contributed by atoms with Crippen LogP contribution in [0.15, 0.2) is 36.4 Å². The fraction of sp³-hybridized carbons (Fsp3) is 0.750. The molecule has 0 amide bonds. The molecule has 6 aliphatic rings. The van der Waals surface area contributed by atoms with Gasteiger partial charge in [-0.3, -0.25) is 9.11 Å². The number of carbonyl (C=O) groups is 1. The van der Waals surface area contributed by atoms with Gasteiger partial charge in [-0.15, -0.1) is 0 Å². The van der Waals surface area contributed by atoms with E-state index in [1.54, 1.807) is 0 Å². The zero-order valence-electron chi connectivity index (χ0n) is 32.9. The average molecular weight is 739 g/mol. The summed E-state index contributed by atoms with van der Waals surface area (Å²) in [5.41, 5.74) is 3.97. The first-order valence-electron chi connectivity index (χ1n) is 20.4. The Morgan fingerprint density at radius 3 is 2.38 bits per heavy atom. The SMILES string of the molecule is C=C(C)[C@@H]1CC[C@]2(CNCCCN3CCS(O)(O)CC3)CC[C@]3(C)[C@H](CC[C@@H]4[C@@]5(C)CC=C(c6ccc(C(=O)O)c(F)c6)C(C)(C)[C@@H]5CC[C@]43C)[C@@H]12. The number of hydrogen-bond donors (Lipinski definition) is 4. The number of fused-ring (bicyclic) bond motifs is 7. The Balaban J connectivity index is 1.10. The van der Waals surface area contributed by atoms with Crippen LogP contribution in [0, 0.1) is 62.5 Å². The molecule has 52 heavy (non-hydrogen) atoms. The van der Waals surface area contributed by atoms with Crippen LogP contribution in [0.5, 0.6) is 0 Å². The van der Waals surface area contributed by atoms with Gasteiger partial charge in [0.25, 0.3) is 0 Å². The summed E-state index contributed by atoms with van der Waals surface area (Å²) in [6, 6.07) is 4.71. The van der Waals surface area contributed by atoms with Crippen molar-refractivity contribution in [1.29, 1.82) is 0 Å². The van der Waals surface area contributed by atoms with Gasteiger partial charge >= 0.3 is 5.97 Å². The number of aromatic carboxylic acids is 1. The number of benzene rings is 1. The molecule has 1 aliphatic heterocycles. The second-order valence-electron chi connectivity index (χ2n) is 19.7. The lowest BCUT2D eigenvalue weighted by Gasteiger charge is -2.72. The van der Waals surface area contributed by atoms with Crippen molar-refractivity contribution in [3.05, 3.63) is 53.4 Å². The predicted octanol–water partition coefficient (Wildman–Crippen LogP) is 10.2. The van der Waals surface area contributed by atoms with Gasteiger partial charge in [0, 0.05) is 19.6 Å². The first-order chi connectivity index (χ1) is 24.4. The van der Waals surface area contributed by atoms with E-state index in [0.29, 0.717) is 46.5 Å². The van der Waals surface area contributed by atoms with E-state index < -0.39 is 22.4 Å². The molecule has 0 unspecified atom stereocenters. The second kappa shape index (κ2) is 13.5. The Morgan fingerprint density at radius 1 is 0.981 bits per heavy atom. The maximum Gasteiger partial charge on any atom is 0.338 e. The van der Waals surface area contributed by atoms with Gasteiger partial charge < -0.3 is 15.3 Å². The van der Waals surface area contributed by atoms with E-state index in [4.69, 9.17) is 0 Å².